The van der Waals surface area contributed by atoms with Gasteiger partial charge in [0.2, 0.25) is 0 Å². The quantitative estimate of drug-likeness (QED) is 0.434. The number of hydrogen-bond donors (Lipinski definition) is 0. The van der Waals surface area contributed by atoms with E-state index in [0.717, 1.165) is 30.6 Å². The molecule has 0 spiro atoms. The zero-order valence-electron chi connectivity index (χ0n) is 11.0. The van der Waals surface area contributed by atoms with Gasteiger partial charge < -0.3 is 4.74 Å². The van der Waals surface area contributed by atoms with E-state index < -0.39 is 0 Å². The molecule has 0 N–H and O–H groups in total. The number of esters is 1. The van der Waals surface area contributed by atoms with Crippen LogP contribution in [0.5, 0.6) is 0 Å². The molecule has 4 saturated carbocycles. The van der Waals surface area contributed by atoms with Crippen LogP contribution in [0, 0.1) is 52.8 Å². The molecule has 4 rings (SSSR count). The fraction of sp³-hybridized carbons (Fsp3) is 0.750. The second kappa shape index (κ2) is 3.85. The van der Waals surface area contributed by atoms with Gasteiger partial charge in [0.05, 0.1) is 6.07 Å². The maximum Gasteiger partial charge on any atom is 0.330 e. The van der Waals surface area contributed by atoms with Crippen LogP contribution in [0.15, 0.2) is 12.7 Å². The highest BCUT2D eigenvalue weighted by Gasteiger charge is 2.65. The van der Waals surface area contributed by atoms with Gasteiger partial charge in [-0.15, -0.1) is 0 Å². The molecule has 4 aliphatic carbocycles. The molecule has 0 aromatic heterocycles. The van der Waals surface area contributed by atoms with Crippen molar-refractivity contribution in [2.45, 2.75) is 31.8 Å². The van der Waals surface area contributed by atoms with Crippen molar-refractivity contribution < 1.29 is 9.53 Å². The molecule has 3 heteroatoms. The van der Waals surface area contributed by atoms with Gasteiger partial charge in [-0.2, -0.15) is 5.26 Å². The highest BCUT2D eigenvalue weighted by atomic mass is 16.5. The summed E-state index contributed by atoms with van der Waals surface area (Å²) in [4.78, 5) is 11.4. The van der Waals surface area contributed by atoms with Gasteiger partial charge in [-0.1, -0.05) is 6.58 Å². The number of rotatable bonds is 2. The van der Waals surface area contributed by atoms with E-state index in [-0.39, 0.29) is 12.1 Å². The largest absolute Gasteiger partial charge is 0.459 e. The van der Waals surface area contributed by atoms with Crippen LogP contribution in [0.25, 0.3) is 0 Å². The zero-order valence-corrected chi connectivity index (χ0v) is 11.0. The molecule has 0 heterocycles. The van der Waals surface area contributed by atoms with Crippen LogP contribution in [-0.2, 0) is 9.53 Å². The van der Waals surface area contributed by atoms with Gasteiger partial charge in [0, 0.05) is 12.0 Å². The molecule has 8 unspecified atom stereocenters. The SMILES string of the molecule is C=CC(=O)OC1CC2CC1C1C3CC(C#N)C(C3)C21. The van der Waals surface area contributed by atoms with E-state index in [1.165, 1.54) is 18.9 Å². The van der Waals surface area contributed by atoms with Gasteiger partial charge in [0.15, 0.2) is 0 Å². The second-order valence-corrected chi connectivity index (χ2v) is 6.86. The standard InChI is InChI=1S/C16H19NO2/c1-2-14(18)19-13-6-9-5-12(13)16-8-3-10(7-17)11(4-8)15(9)16/h2,8-13,15-16H,1,3-6H2. The average molecular weight is 257 g/mol. The first-order valence-electron chi connectivity index (χ1n) is 7.45. The first-order valence-corrected chi connectivity index (χ1v) is 7.45. The Morgan fingerprint density at radius 3 is 2.58 bits per heavy atom. The number of hydrogen-bond acceptors (Lipinski definition) is 3. The minimum absolute atomic E-state index is 0.122. The van der Waals surface area contributed by atoms with E-state index in [2.05, 4.69) is 12.6 Å². The summed E-state index contributed by atoms with van der Waals surface area (Å²) in [5.41, 5.74) is 0. The van der Waals surface area contributed by atoms with Gasteiger partial charge in [0.1, 0.15) is 6.10 Å². The Morgan fingerprint density at radius 2 is 1.84 bits per heavy atom. The van der Waals surface area contributed by atoms with E-state index in [0.29, 0.717) is 23.7 Å². The minimum atomic E-state index is -0.271. The third-order valence-electron chi connectivity index (χ3n) is 6.36. The van der Waals surface area contributed by atoms with Crippen LogP contribution in [-0.4, -0.2) is 12.1 Å². The summed E-state index contributed by atoms with van der Waals surface area (Å²) in [5, 5.41) is 9.25. The Balaban J connectivity index is 1.54. The van der Waals surface area contributed by atoms with Crippen molar-refractivity contribution in [3.63, 3.8) is 0 Å². The lowest BCUT2D eigenvalue weighted by Gasteiger charge is -2.39. The molecule has 100 valence electrons. The molecule has 0 aromatic rings. The number of carbonyl (C=O) groups is 1. The zero-order chi connectivity index (χ0) is 13.1. The molecule has 4 aliphatic rings. The Kier molecular flexibility index (Phi) is 2.33. The molecule has 19 heavy (non-hydrogen) atoms. The van der Waals surface area contributed by atoms with Crippen LogP contribution >= 0.6 is 0 Å². The van der Waals surface area contributed by atoms with Crippen molar-refractivity contribution in [3.8, 4) is 6.07 Å². The smallest absolute Gasteiger partial charge is 0.330 e. The monoisotopic (exact) mass is 257 g/mol. The van der Waals surface area contributed by atoms with Gasteiger partial charge >= 0.3 is 5.97 Å². The third kappa shape index (κ3) is 1.40. The lowest BCUT2D eigenvalue weighted by molar-refractivity contribution is -0.148. The fourth-order valence-electron chi connectivity index (χ4n) is 6.02. The third-order valence-corrected chi connectivity index (χ3v) is 6.36. The topological polar surface area (TPSA) is 50.1 Å². The first kappa shape index (κ1) is 11.5. The Labute approximate surface area is 113 Å². The number of fused-ring (bicyclic) bond motifs is 9. The molecule has 4 bridgehead atoms. The summed E-state index contributed by atoms with van der Waals surface area (Å²) >= 11 is 0. The molecule has 8 atom stereocenters. The van der Waals surface area contributed by atoms with Crippen LogP contribution < -0.4 is 0 Å². The molecule has 0 radical (unpaired) electrons. The van der Waals surface area contributed by atoms with Gasteiger partial charge in [0.25, 0.3) is 0 Å². The summed E-state index contributed by atoms with van der Waals surface area (Å²) in [6.07, 6.45) is 5.98. The number of ether oxygens (including phenoxy) is 1. The average Bonchev–Trinajstić information content (AvgIpc) is 3.14. The van der Waals surface area contributed by atoms with E-state index in [4.69, 9.17) is 4.74 Å². The predicted octanol–water partition coefficient (Wildman–Crippen LogP) is 2.54. The fourth-order valence-corrected chi connectivity index (χ4v) is 6.02. The number of nitriles is 1. The molecule has 0 aromatic carbocycles. The highest BCUT2D eigenvalue weighted by Crippen LogP contribution is 2.69. The lowest BCUT2D eigenvalue weighted by atomic mass is 9.67. The maximum atomic E-state index is 11.4. The normalized spacial score (nSPS) is 52.8. The molecular formula is C16H19NO2. The van der Waals surface area contributed by atoms with E-state index in [9.17, 15) is 10.1 Å². The summed E-state index contributed by atoms with van der Waals surface area (Å²) in [6, 6.07) is 2.52. The highest BCUT2D eigenvalue weighted by molar-refractivity contribution is 5.81. The Hall–Kier alpha value is -1.30. The van der Waals surface area contributed by atoms with E-state index in [1.54, 1.807) is 0 Å². The van der Waals surface area contributed by atoms with Crippen LogP contribution in [0.2, 0.25) is 0 Å². The Morgan fingerprint density at radius 1 is 1.16 bits per heavy atom. The minimum Gasteiger partial charge on any atom is -0.459 e. The second-order valence-electron chi connectivity index (χ2n) is 6.86. The summed E-state index contributed by atoms with van der Waals surface area (Å²) in [6.45, 7) is 3.48. The van der Waals surface area contributed by atoms with E-state index in [1.807, 2.05) is 0 Å². The number of nitrogens with zero attached hydrogens (tertiary/aromatic N) is 1. The Bertz CT molecular complexity index is 480. The molecule has 4 fully saturated rings. The van der Waals surface area contributed by atoms with Gasteiger partial charge in [-0.05, 0) is 61.2 Å². The van der Waals surface area contributed by atoms with Crippen molar-refractivity contribution in [2.75, 3.05) is 0 Å². The van der Waals surface area contributed by atoms with Crippen LogP contribution in [0.3, 0.4) is 0 Å². The lowest BCUT2D eigenvalue weighted by Crippen LogP contribution is -2.39. The van der Waals surface area contributed by atoms with Crippen molar-refractivity contribution in [1.82, 2.24) is 0 Å². The molecule has 0 amide bonds. The summed E-state index contributed by atoms with van der Waals surface area (Å²) in [7, 11) is 0. The van der Waals surface area contributed by atoms with Crippen molar-refractivity contribution in [3.05, 3.63) is 12.7 Å². The maximum absolute atomic E-state index is 11.4. The number of carbonyl (C=O) groups excluding carboxylic acids is 1. The molecule has 3 nitrogen and oxygen atoms in total. The van der Waals surface area contributed by atoms with Crippen molar-refractivity contribution in [1.29, 1.82) is 5.26 Å². The van der Waals surface area contributed by atoms with Gasteiger partial charge in [-0.3, -0.25) is 0 Å². The first-order chi connectivity index (χ1) is 9.22. The van der Waals surface area contributed by atoms with Crippen LogP contribution in [0.4, 0.5) is 0 Å². The molecule has 0 aliphatic heterocycles. The van der Waals surface area contributed by atoms with Crippen molar-refractivity contribution in [2.24, 2.45) is 41.4 Å². The van der Waals surface area contributed by atoms with Gasteiger partial charge in [-0.25, -0.2) is 4.79 Å². The molecule has 0 saturated heterocycles. The van der Waals surface area contributed by atoms with Crippen molar-refractivity contribution >= 4 is 5.97 Å². The van der Waals surface area contributed by atoms with Crippen LogP contribution in [0.1, 0.15) is 25.7 Å². The van der Waals surface area contributed by atoms with E-state index >= 15 is 0 Å². The molecular weight excluding hydrogens is 238 g/mol. The summed E-state index contributed by atoms with van der Waals surface area (Å²) < 4.78 is 5.54. The summed E-state index contributed by atoms with van der Waals surface area (Å²) in [5.74, 6) is 4.15. The predicted molar refractivity (Wildman–Crippen MR) is 68.6 cm³/mol.